The summed E-state index contributed by atoms with van der Waals surface area (Å²) in [5, 5.41) is 0. The molecule has 0 saturated heterocycles. The average Bonchev–Trinajstić information content (AvgIpc) is 3.21. The van der Waals surface area contributed by atoms with Crippen molar-refractivity contribution in [2.45, 2.75) is 60.9 Å². The summed E-state index contributed by atoms with van der Waals surface area (Å²) in [5.41, 5.74) is 5.39. The average molecular weight is 530 g/mol. The molecule has 0 fully saturated rings. The van der Waals surface area contributed by atoms with Gasteiger partial charge in [0.15, 0.2) is 11.5 Å². The minimum atomic E-state index is -3.93. The Hall–Kier alpha value is -2.60. The number of aromatic nitrogens is 4. The number of hydrogen-bond donors (Lipinski definition) is 1. The normalized spacial score (nSPS) is 13.5. The molecular formula is C22H36N5O8P. The summed E-state index contributed by atoms with van der Waals surface area (Å²) in [5.74, 6) is -0.795. The van der Waals surface area contributed by atoms with E-state index in [0.717, 1.165) is 0 Å². The third-order valence-electron chi connectivity index (χ3n) is 4.89. The molecule has 2 aromatic heterocycles. The monoisotopic (exact) mass is 529 g/mol. The van der Waals surface area contributed by atoms with E-state index in [1.807, 2.05) is 11.5 Å². The van der Waals surface area contributed by atoms with Crippen LogP contribution in [0.2, 0.25) is 0 Å². The zero-order valence-electron chi connectivity index (χ0n) is 21.8. The van der Waals surface area contributed by atoms with Crippen molar-refractivity contribution in [2.75, 3.05) is 32.3 Å². The summed E-state index contributed by atoms with van der Waals surface area (Å²) in [6.07, 6.45) is 3.04. The Morgan fingerprint density at radius 3 is 2.08 bits per heavy atom. The summed E-state index contributed by atoms with van der Waals surface area (Å²) in [6.45, 7) is 10.9. The number of ether oxygens (including phenoxy) is 3. The van der Waals surface area contributed by atoms with Gasteiger partial charge < -0.3 is 24.5 Å². The molecule has 0 spiro atoms. The van der Waals surface area contributed by atoms with E-state index in [9.17, 15) is 14.2 Å². The smallest absolute Gasteiger partial charge is 0.361 e. The van der Waals surface area contributed by atoms with Crippen LogP contribution in [0.4, 0.5) is 5.82 Å². The molecule has 202 valence electrons. The Bertz CT molecular complexity index is 1060. The number of nitrogens with two attached hydrogens (primary N) is 1. The van der Waals surface area contributed by atoms with Gasteiger partial charge >= 0.3 is 19.5 Å². The van der Waals surface area contributed by atoms with Crippen LogP contribution in [0.5, 0.6) is 0 Å². The molecule has 2 N–H and O–H groups in total. The summed E-state index contributed by atoms with van der Waals surface area (Å²) in [7, 11) is -3.93. The molecule has 14 heteroatoms. The van der Waals surface area contributed by atoms with Gasteiger partial charge in [-0.3, -0.25) is 23.2 Å². The van der Waals surface area contributed by atoms with Gasteiger partial charge in [0.05, 0.1) is 17.2 Å². The summed E-state index contributed by atoms with van der Waals surface area (Å²) >= 11 is 0. The molecule has 0 aromatic carbocycles. The summed E-state index contributed by atoms with van der Waals surface area (Å²) in [6, 6.07) is -0.0778. The Kier molecular flexibility index (Phi) is 9.95. The fraction of sp³-hybridized carbons (Fsp3) is 0.682. The molecule has 0 aliphatic carbocycles. The summed E-state index contributed by atoms with van der Waals surface area (Å²) in [4.78, 5) is 36.3. The van der Waals surface area contributed by atoms with Crippen LogP contribution in [-0.2, 0) is 37.4 Å². The van der Waals surface area contributed by atoms with Gasteiger partial charge in [-0.05, 0) is 54.9 Å². The molecule has 0 amide bonds. The molecule has 0 aliphatic rings. The number of esters is 2. The predicted molar refractivity (Wildman–Crippen MR) is 130 cm³/mol. The van der Waals surface area contributed by atoms with Gasteiger partial charge in [0.25, 0.3) is 0 Å². The van der Waals surface area contributed by atoms with E-state index < -0.39 is 50.3 Å². The number of rotatable bonds is 12. The maximum absolute atomic E-state index is 13.2. The van der Waals surface area contributed by atoms with Crippen LogP contribution >= 0.6 is 7.60 Å². The second-order valence-electron chi connectivity index (χ2n) is 10.2. The Morgan fingerprint density at radius 2 is 1.56 bits per heavy atom. The van der Waals surface area contributed by atoms with Crippen molar-refractivity contribution in [3.05, 3.63) is 12.7 Å². The highest BCUT2D eigenvalue weighted by atomic mass is 31.2. The van der Waals surface area contributed by atoms with E-state index in [2.05, 4.69) is 15.0 Å². The molecule has 0 radical (unpaired) electrons. The van der Waals surface area contributed by atoms with Crippen LogP contribution < -0.4 is 5.73 Å². The highest BCUT2D eigenvalue weighted by molar-refractivity contribution is 7.53. The minimum absolute atomic E-state index is 0.0778. The van der Waals surface area contributed by atoms with Crippen molar-refractivity contribution in [2.24, 2.45) is 10.8 Å². The predicted octanol–water partition coefficient (Wildman–Crippen LogP) is 3.65. The number of imidazole rings is 1. The highest BCUT2D eigenvalue weighted by Gasteiger charge is 2.30. The SMILES string of the molecule is CC(CCOCP(=O)(OCOC(=O)C(C)(C)C)OCOC(=O)C(C)(C)C)n1cnc2c(N)ncnc21. The molecule has 13 nitrogen and oxygen atoms in total. The zero-order valence-corrected chi connectivity index (χ0v) is 22.7. The first kappa shape index (κ1) is 29.6. The van der Waals surface area contributed by atoms with Crippen LogP contribution in [0.15, 0.2) is 12.7 Å². The lowest BCUT2D eigenvalue weighted by molar-refractivity contribution is -0.162. The van der Waals surface area contributed by atoms with Crippen molar-refractivity contribution >= 4 is 36.5 Å². The zero-order chi connectivity index (χ0) is 27.1. The van der Waals surface area contributed by atoms with Gasteiger partial charge in [0.2, 0.25) is 13.6 Å². The fourth-order valence-corrected chi connectivity index (χ4v) is 3.63. The maximum Gasteiger partial charge on any atom is 0.361 e. The maximum atomic E-state index is 13.2. The molecule has 2 aromatic rings. The van der Waals surface area contributed by atoms with Gasteiger partial charge in [-0.1, -0.05) is 0 Å². The van der Waals surface area contributed by atoms with E-state index in [0.29, 0.717) is 17.6 Å². The number of carbonyl (C=O) groups is 2. The fourth-order valence-electron chi connectivity index (χ4n) is 2.63. The van der Waals surface area contributed by atoms with Gasteiger partial charge in [0, 0.05) is 12.6 Å². The Labute approximate surface area is 210 Å². The number of fused-ring (bicyclic) bond motifs is 1. The lowest BCUT2D eigenvalue weighted by Crippen LogP contribution is -2.25. The molecule has 2 heterocycles. The molecule has 0 bridgehead atoms. The van der Waals surface area contributed by atoms with Gasteiger partial charge in [-0.25, -0.2) is 15.0 Å². The van der Waals surface area contributed by atoms with Crippen molar-refractivity contribution in [1.29, 1.82) is 0 Å². The van der Waals surface area contributed by atoms with E-state index in [-0.39, 0.29) is 18.5 Å². The second-order valence-corrected chi connectivity index (χ2v) is 12.2. The van der Waals surface area contributed by atoms with Gasteiger partial charge in [-0.2, -0.15) is 0 Å². The van der Waals surface area contributed by atoms with Crippen molar-refractivity contribution in [3.63, 3.8) is 0 Å². The number of nitrogens with zero attached hydrogens (tertiary/aromatic N) is 4. The number of hydrogen-bond acceptors (Lipinski definition) is 12. The van der Waals surface area contributed by atoms with Crippen molar-refractivity contribution < 1.29 is 37.4 Å². The van der Waals surface area contributed by atoms with Crippen LogP contribution in [0, 0.1) is 10.8 Å². The van der Waals surface area contributed by atoms with Crippen LogP contribution in [0.25, 0.3) is 11.2 Å². The Morgan fingerprint density at radius 1 is 1.00 bits per heavy atom. The highest BCUT2D eigenvalue weighted by Crippen LogP contribution is 2.48. The molecular weight excluding hydrogens is 493 g/mol. The molecule has 1 atom stereocenters. The third kappa shape index (κ3) is 8.51. The first-order valence-corrected chi connectivity index (χ1v) is 13.1. The quantitative estimate of drug-likeness (QED) is 0.184. The van der Waals surface area contributed by atoms with E-state index in [1.54, 1.807) is 47.9 Å². The molecule has 0 saturated carbocycles. The topological polar surface area (TPSA) is 167 Å². The molecule has 1 unspecified atom stereocenters. The lowest BCUT2D eigenvalue weighted by atomic mass is 9.98. The van der Waals surface area contributed by atoms with E-state index in [1.165, 1.54) is 6.33 Å². The van der Waals surface area contributed by atoms with Crippen LogP contribution in [0.3, 0.4) is 0 Å². The molecule has 36 heavy (non-hydrogen) atoms. The number of nitrogen functional groups attached to an aromatic ring is 1. The van der Waals surface area contributed by atoms with Gasteiger partial charge in [-0.15, -0.1) is 0 Å². The van der Waals surface area contributed by atoms with Crippen molar-refractivity contribution in [1.82, 2.24) is 19.5 Å². The lowest BCUT2D eigenvalue weighted by Gasteiger charge is -2.22. The first-order valence-electron chi connectivity index (χ1n) is 11.4. The largest absolute Gasteiger partial charge is 0.438 e. The van der Waals surface area contributed by atoms with Gasteiger partial charge in [0.1, 0.15) is 18.2 Å². The minimum Gasteiger partial charge on any atom is -0.438 e. The third-order valence-corrected chi connectivity index (χ3v) is 6.39. The van der Waals surface area contributed by atoms with Crippen LogP contribution in [-0.4, -0.2) is 58.0 Å². The van der Waals surface area contributed by atoms with Crippen molar-refractivity contribution in [3.8, 4) is 0 Å². The molecule has 2 rings (SSSR count). The van der Waals surface area contributed by atoms with E-state index in [4.69, 9.17) is 29.0 Å². The Balaban J connectivity index is 1.93. The van der Waals surface area contributed by atoms with Crippen LogP contribution in [0.1, 0.15) is 60.9 Å². The number of carbonyl (C=O) groups excluding carboxylic acids is 2. The molecule has 0 aliphatic heterocycles. The van der Waals surface area contributed by atoms with E-state index >= 15 is 0 Å². The standard InChI is InChI=1S/C22H36N5O8P/c1-15(27-11-26-16-17(23)24-10-25-18(16)27)8-9-31-14-36(30,34-12-32-19(28)21(2,3)4)35-13-33-20(29)22(5,6)7/h10-11,15H,8-9,12-14H2,1-7H3,(H2,23,24,25). The second kappa shape index (κ2) is 12.1. The first-order chi connectivity index (χ1) is 16.6. The number of anilines is 1. The summed E-state index contributed by atoms with van der Waals surface area (Å²) < 4.78 is 41.1.